The van der Waals surface area contributed by atoms with E-state index in [1.807, 2.05) is 30.3 Å². The lowest BCUT2D eigenvalue weighted by molar-refractivity contribution is -0.113. The molecule has 1 aliphatic heterocycles. The van der Waals surface area contributed by atoms with Crippen molar-refractivity contribution in [2.24, 2.45) is 0 Å². The van der Waals surface area contributed by atoms with E-state index in [0.29, 0.717) is 13.2 Å². The van der Waals surface area contributed by atoms with Gasteiger partial charge in [0.2, 0.25) is 0 Å². The van der Waals surface area contributed by atoms with Gasteiger partial charge >= 0.3 is 6.09 Å². The normalized spacial score (nSPS) is 22.2. The number of carbonyl (C=O) groups is 2. The number of amides is 1. The molecule has 6 nitrogen and oxygen atoms in total. The van der Waals surface area contributed by atoms with E-state index in [4.69, 9.17) is 14.2 Å². The third-order valence-corrected chi connectivity index (χ3v) is 4.02. The Labute approximate surface area is 161 Å². The van der Waals surface area contributed by atoms with Crippen LogP contribution < -0.4 is 0 Å². The summed E-state index contributed by atoms with van der Waals surface area (Å²) in [6.45, 7) is 9.72. The number of ether oxygens (including phenoxy) is 3. The largest absolute Gasteiger partial charge is 0.444 e. The molecule has 0 unspecified atom stereocenters. The molecule has 0 saturated carbocycles. The van der Waals surface area contributed by atoms with Crippen LogP contribution in [0.4, 0.5) is 4.79 Å². The molecule has 27 heavy (non-hydrogen) atoms. The Morgan fingerprint density at radius 3 is 2.52 bits per heavy atom. The van der Waals surface area contributed by atoms with Crippen molar-refractivity contribution in [3.8, 4) is 0 Å². The SMILES string of the molecule is CC(C)(C)OC(=O)N1[C@H](C=O)[C@@H](/C=C/COCc2ccccc2)OC1(C)C. The van der Waals surface area contributed by atoms with Gasteiger partial charge in [-0.05, 0) is 40.2 Å². The fourth-order valence-corrected chi connectivity index (χ4v) is 2.92. The molecule has 2 rings (SSSR count). The van der Waals surface area contributed by atoms with Crippen molar-refractivity contribution in [3.63, 3.8) is 0 Å². The zero-order valence-electron chi connectivity index (χ0n) is 16.7. The molecular weight excluding hydrogens is 346 g/mol. The van der Waals surface area contributed by atoms with Crippen LogP contribution in [0.1, 0.15) is 40.2 Å². The molecule has 148 valence electrons. The molecular formula is C21H29NO5. The summed E-state index contributed by atoms with van der Waals surface area (Å²) in [5.74, 6) is 0. The van der Waals surface area contributed by atoms with Gasteiger partial charge in [0.25, 0.3) is 0 Å². The van der Waals surface area contributed by atoms with E-state index in [1.165, 1.54) is 4.90 Å². The minimum absolute atomic E-state index is 0.382. The van der Waals surface area contributed by atoms with Gasteiger partial charge in [-0.15, -0.1) is 0 Å². The van der Waals surface area contributed by atoms with Crippen LogP contribution >= 0.6 is 0 Å². The van der Waals surface area contributed by atoms with E-state index in [-0.39, 0.29) is 0 Å². The van der Waals surface area contributed by atoms with Crippen LogP contribution in [0.3, 0.4) is 0 Å². The predicted octanol–water partition coefficient (Wildman–Crippen LogP) is 3.70. The van der Waals surface area contributed by atoms with E-state index in [1.54, 1.807) is 46.8 Å². The second-order valence-electron chi connectivity index (χ2n) is 7.94. The fourth-order valence-electron chi connectivity index (χ4n) is 2.92. The van der Waals surface area contributed by atoms with Gasteiger partial charge in [-0.1, -0.05) is 42.5 Å². The van der Waals surface area contributed by atoms with Crippen LogP contribution in [0.25, 0.3) is 0 Å². The molecule has 1 fully saturated rings. The summed E-state index contributed by atoms with van der Waals surface area (Å²) >= 11 is 0. The third-order valence-electron chi connectivity index (χ3n) is 4.02. The van der Waals surface area contributed by atoms with Crippen molar-refractivity contribution in [2.75, 3.05) is 6.61 Å². The first-order valence-corrected chi connectivity index (χ1v) is 9.08. The van der Waals surface area contributed by atoms with Gasteiger partial charge in [-0.25, -0.2) is 4.79 Å². The highest BCUT2D eigenvalue weighted by atomic mass is 16.6. The van der Waals surface area contributed by atoms with E-state index >= 15 is 0 Å². The Morgan fingerprint density at radius 1 is 1.26 bits per heavy atom. The molecule has 0 spiro atoms. The van der Waals surface area contributed by atoms with Crippen LogP contribution in [-0.4, -0.2) is 47.4 Å². The van der Waals surface area contributed by atoms with Crippen molar-refractivity contribution in [1.82, 2.24) is 4.90 Å². The predicted molar refractivity (Wildman–Crippen MR) is 102 cm³/mol. The molecule has 2 atom stereocenters. The lowest BCUT2D eigenvalue weighted by Gasteiger charge is -2.33. The number of hydrogen-bond acceptors (Lipinski definition) is 5. The molecule has 6 heteroatoms. The molecule has 1 aliphatic rings. The van der Waals surface area contributed by atoms with Crippen LogP contribution in [0.2, 0.25) is 0 Å². The van der Waals surface area contributed by atoms with Crippen molar-refractivity contribution >= 4 is 12.4 Å². The smallest absolute Gasteiger partial charge is 0.413 e. The number of rotatable bonds is 6. The first-order valence-electron chi connectivity index (χ1n) is 9.08. The summed E-state index contributed by atoms with van der Waals surface area (Å²) in [5, 5.41) is 0. The van der Waals surface area contributed by atoms with Crippen LogP contribution in [0.5, 0.6) is 0 Å². The molecule has 0 bridgehead atoms. The average Bonchev–Trinajstić information content (AvgIpc) is 2.83. The summed E-state index contributed by atoms with van der Waals surface area (Å²) in [6, 6.07) is 9.12. The van der Waals surface area contributed by atoms with Crippen molar-refractivity contribution in [3.05, 3.63) is 48.0 Å². The first kappa shape index (κ1) is 21.1. The summed E-state index contributed by atoms with van der Waals surface area (Å²) in [7, 11) is 0. The maximum atomic E-state index is 12.5. The molecule has 0 aliphatic carbocycles. The highest BCUT2D eigenvalue weighted by Gasteiger charge is 2.50. The molecule has 0 aromatic heterocycles. The Hall–Kier alpha value is -2.18. The summed E-state index contributed by atoms with van der Waals surface area (Å²) in [5.41, 5.74) is -0.515. The van der Waals surface area contributed by atoms with Gasteiger partial charge in [0.1, 0.15) is 29.8 Å². The molecule has 1 amide bonds. The Morgan fingerprint density at radius 2 is 1.93 bits per heavy atom. The lowest BCUT2D eigenvalue weighted by Crippen LogP contribution is -2.50. The van der Waals surface area contributed by atoms with Gasteiger partial charge in [0.15, 0.2) is 0 Å². The Balaban J connectivity index is 1.96. The monoisotopic (exact) mass is 375 g/mol. The Bertz CT molecular complexity index is 663. The van der Waals surface area contributed by atoms with Crippen LogP contribution in [-0.2, 0) is 25.6 Å². The summed E-state index contributed by atoms with van der Waals surface area (Å²) < 4.78 is 17.0. The van der Waals surface area contributed by atoms with E-state index < -0.39 is 29.6 Å². The number of benzene rings is 1. The maximum Gasteiger partial charge on any atom is 0.413 e. The number of carbonyl (C=O) groups excluding carboxylic acids is 2. The highest BCUT2D eigenvalue weighted by molar-refractivity contribution is 5.76. The standard InChI is InChI=1S/C21H29NO5/c1-20(2,3)27-19(24)22-17(14-23)18(26-21(22,4)5)12-9-13-25-15-16-10-7-6-8-11-16/h6-12,14,17-18H,13,15H2,1-5H3/b12-9+/t17-,18-/m1/s1. The first-order chi connectivity index (χ1) is 12.6. The van der Waals surface area contributed by atoms with Gasteiger partial charge < -0.3 is 19.0 Å². The average molecular weight is 375 g/mol. The van der Waals surface area contributed by atoms with Crippen molar-refractivity contribution < 1.29 is 23.8 Å². The van der Waals surface area contributed by atoms with Crippen molar-refractivity contribution in [2.45, 2.75) is 64.7 Å². The summed E-state index contributed by atoms with van der Waals surface area (Å²) in [4.78, 5) is 25.6. The minimum atomic E-state index is -0.951. The zero-order chi connectivity index (χ0) is 20.1. The van der Waals surface area contributed by atoms with E-state index in [9.17, 15) is 9.59 Å². The maximum absolute atomic E-state index is 12.5. The van der Waals surface area contributed by atoms with Gasteiger partial charge in [-0.2, -0.15) is 0 Å². The topological polar surface area (TPSA) is 65.1 Å². The van der Waals surface area contributed by atoms with Crippen molar-refractivity contribution in [1.29, 1.82) is 0 Å². The van der Waals surface area contributed by atoms with E-state index in [0.717, 1.165) is 11.8 Å². The summed E-state index contributed by atoms with van der Waals surface area (Å²) in [6.07, 6.45) is 3.17. The fraction of sp³-hybridized carbons (Fsp3) is 0.524. The molecule has 1 heterocycles. The number of nitrogens with zero attached hydrogens (tertiary/aromatic N) is 1. The lowest BCUT2D eigenvalue weighted by atomic mass is 10.1. The Kier molecular flexibility index (Phi) is 6.78. The van der Waals surface area contributed by atoms with E-state index in [2.05, 4.69) is 0 Å². The minimum Gasteiger partial charge on any atom is -0.444 e. The zero-order valence-corrected chi connectivity index (χ0v) is 16.7. The number of aldehydes is 1. The third kappa shape index (κ3) is 5.91. The second-order valence-corrected chi connectivity index (χ2v) is 7.94. The molecule has 0 N–H and O–H groups in total. The molecule has 1 aromatic rings. The highest BCUT2D eigenvalue weighted by Crippen LogP contribution is 2.33. The number of hydrogen-bond donors (Lipinski definition) is 0. The molecule has 0 radical (unpaired) electrons. The van der Waals surface area contributed by atoms with Gasteiger partial charge in [-0.3, -0.25) is 4.90 Å². The quantitative estimate of drug-likeness (QED) is 0.431. The van der Waals surface area contributed by atoms with Crippen LogP contribution in [0.15, 0.2) is 42.5 Å². The van der Waals surface area contributed by atoms with Crippen LogP contribution in [0, 0.1) is 0 Å². The molecule has 1 aromatic carbocycles. The second kappa shape index (κ2) is 8.67. The van der Waals surface area contributed by atoms with Gasteiger partial charge in [0.05, 0.1) is 13.2 Å². The molecule has 1 saturated heterocycles. The van der Waals surface area contributed by atoms with Gasteiger partial charge in [0, 0.05) is 0 Å².